The molecule has 0 spiro atoms. The number of nitrogens with one attached hydrogen (secondary N) is 2. The lowest BCUT2D eigenvalue weighted by Gasteiger charge is -2.14. The van der Waals surface area contributed by atoms with Crippen molar-refractivity contribution in [2.24, 2.45) is 7.05 Å². The number of imidazole rings is 1. The number of aromatic nitrogens is 2. The van der Waals surface area contributed by atoms with Crippen LogP contribution in [0, 0.1) is 0 Å². The van der Waals surface area contributed by atoms with Gasteiger partial charge < -0.3 is 15.2 Å². The fraction of sp³-hybridized carbons (Fsp3) is 0.214. The van der Waals surface area contributed by atoms with Crippen LogP contribution in [0.4, 0.5) is 16.2 Å². The van der Waals surface area contributed by atoms with E-state index >= 15 is 0 Å². The second-order valence-electron chi connectivity index (χ2n) is 4.77. The number of carbonyl (C=O) groups excluding carboxylic acids is 2. The zero-order chi connectivity index (χ0) is 14.8. The van der Waals surface area contributed by atoms with Crippen LogP contribution in [0.15, 0.2) is 36.8 Å². The Bertz CT molecular complexity index is 677. The zero-order valence-corrected chi connectivity index (χ0v) is 11.5. The van der Waals surface area contributed by atoms with E-state index in [0.717, 1.165) is 5.69 Å². The number of nitrogens with zero attached hydrogens (tertiary/aromatic N) is 3. The Morgan fingerprint density at radius 2 is 2.10 bits per heavy atom. The molecule has 0 atom stereocenters. The van der Waals surface area contributed by atoms with Crippen molar-refractivity contribution in [3.05, 3.63) is 42.5 Å². The Balaban J connectivity index is 1.71. The van der Waals surface area contributed by atoms with Gasteiger partial charge in [-0.15, -0.1) is 0 Å². The summed E-state index contributed by atoms with van der Waals surface area (Å²) in [5.74, 6) is -0.221. The van der Waals surface area contributed by atoms with Crippen molar-refractivity contribution in [3.63, 3.8) is 0 Å². The second-order valence-corrected chi connectivity index (χ2v) is 4.77. The van der Waals surface area contributed by atoms with Gasteiger partial charge in [-0.1, -0.05) is 0 Å². The molecule has 2 heterocycles. The van der Waals surface area contributed by atoms with Gasteiger partial charge in [0, 0.05) is 31.5 Å². The molecule has 0 radical (unpaired) electrons. The Kier molecular flexibility index (Phi) is 3.31. The van der Waals surface area contributed by atoms with E-state index in [1.54, 1.807) is 35.0 Å². The fourth-order valence-corrected chi connectivity index (χ4v) is 2.21. The third-order valence-corrected chi connectivity index (χ3v) is 3.34. The first-order chi connectivity index (χ1) is 10.1. The van der Waals surface area contributed by atoms with E-state index in [0.29, 0.717) is 24.5 Å². The minimum absolute atomic E-state index is 0.0957. The van der Waals surface area contributed by atoms with E-state index in [1.165, 1.54) is 6.20 Å². The predicted molar refractivity (Wildman–Crippen MR) is 78.3 cm³/mol. The topological polar surface area (TPSA) is 79.3 Å². The summed E-state index contributed by atoms with van der Waals surface area (Å²) in [4.78, 5) is 29.2. The second kappa shape index (κ2) is 5.28. The molecular formula is C14H15N5O2. The highest BCUT2D eigenvalue weighted by Crippen LogP contribution is 2.19. The quantitative estimate of drug-likeness (QED) is 0.889. The van der Waals surface area contributed by atoms with Crippen LogP contribution in [0.25, 0.3) is 0 Å². The Hall–Kier alpha value is -2.83. The highest BCUT2D eigenvalue weighted by Gasteiger charge is 2.20. The monoisotopic (exact) mass is 285 g/mol. The lowest BCUT2D eigenvalue weighted by Crippen LogP contribution is -2.27. The van der Waals surface area contributed by atoms with Gasteiger partial charge in [-0.3, -0.25) is 9.69 Å². The summed E-state index contributed by atoms with van der Waals surface area (Å²) in [5, 5.41) is 5.54. The van der Waals surface area contributed by atoms with Crippen molar-refractivity contribution in [2.45, 2.75) is 0 Å². The number of aryl methyl sites for hydroxylation is 1. The SMILES string of the molecule is Cn1cncc1C(=O)Nc1ccc(N2CCNC2=O)cc1. The molecule has 2 aromatic rings. The van der Waals surface area contributed by atoms with Gasteiger partial charge >= 0.3 is 6.03 Å². The van der Waals surface area contributed by atoms with Gasteiger partial charge in [-0.2, -0.15) is 0 Å². The number of hydrogen-bond acceptors (Lipinski definition) is 3. The van der Waals surface area contributed by atoms with E-state index in [4.69, 9.17) is 0 Å². The van der Waals surface area contributed by atoms with Gasteiger partial charge in [0.15, 0.2) is 0 Å². The van der Waals surface area contributed by atoms with Crippen LogP contribution in [-0.2, 0) is 7.05 Å². The minimum Gasteiger partial charge on any atom is -0.336 e. The van der Waals surface area contributed by atoms with Crippen LogP contribution in [0.2, 0.25) is 0 Å². The minimum atomic E-state index is -0.221. The maximum absolute atomic E-state index is 12.0. The summed E-state index contributed by atoms with van der Waals surface area (Å²) in [6, 6.07) is 7.07. The fourth-order valence-electron chi connectivity index (χ4n) is 2.21. The predicted octanol–water partition coefficient (Wildman–Crippen LogP) is 1.20. The molecule has 1 aromatic heterocycles. The van der Waals surface area contributed by atoms with Crippen LogP contribution >= 0.6 is 0 Å². The van der Waals surface area contributed by atoms with E-state index in [2.05, 4.69) is 15.6 Å². The van der Waals surface area contributed by atoms with Crippen LogP contribution in [-0.4, -0.2) is 34.6 Å². The lowest BCUT2D eigenvalue weighted by atomic mass is 10.2. The molecule has 0 aliphatic carbocycles. The lowest BCUT2D eigenvalue weighted by molar-refractivity contribution is 0.101. The molecule has 3 amide bonds. The number of amides is 3. The molecule has 21 heavy (non-hydrogen) atoms. The summed E-state index contributed by atoms with van der Waals surface area (Å²) in [6.45, 7) is 1.30. The summed E-state index contributed by atoms with van der Waals surface area (Å²) < 4.78 is 1.65. The average Bonchev–Trinajstić information content (AvgIpc) is 3.08. The Labute approximate surface area is 121 Å². The van der Waals surface area contributed by atoms with Crippen molar-refractivity contribution in [1.29, 1.82) is 0 Å². The molecule has 1 aliphatic rings. The Morgan fingerprint density at radius 3 is 2.67 bits per heavy atom. The van der Waals surface area contributed by atoms with Gasteiger partial charge in [0.05, 0.1) is 12.5 Å². The van der Waals surface area contributed by atoms with Crippen molar-refractivity contribution in [1.82, 2.24) is 14.9 Å². The number of hydrogen-bond donors (Lipinski definition) is 2. The molecule has 1 aromatic carbocycles. The van der Waals surface area contributed by atoms with Gasteiger partial charge in [0.25, 0.3) is 5.91 Å². The third kappa shape index (κ3) is 2.58. The summed E-state index contributed by atoms with van der Waals surface area (Å²) >= 11 is 0. The number of anilines is 2. The van der Waals surface area contributed by atoms with Crippen LogP contribution in [0.3, 0.4) is 0 Å². The third-order valence-electron chi connectivity index (χ3n) is 3.34. The molecular weight excluding hydrogens is 270 g/mol. The molecule has 108 valence electrons. The van der Waals surface area contributed by atoms with Crippen molar-refractivity contribution >= 4 is 23.3 Å². The smallest absolute Gasteiger partial charge is 0.321 e. The maximum atomic E-state index is 12.0. The number of rotatable bonds is 3. The van der Waals surface area contributed by atoms with Gasteiger partial charge in [0.2, 0.25) is 0 Å². The number of benzene rings is 1. The van der Waals surface area contributed by atoms with E-state index < -0.39 is 0 Å². The van der Waals surface area contributed by atoms with Crippen LogP contribution in [0.1, 0.15) is 10.5 Å². The molecule has 0 saturated carbocycles. The summed E-state index contributed by atoms with van der Waals surface area (Å²) in [6.07, 6.45) is 3.09. The van der Waals surface area contributed by atoms with Crippen molar-refractivity contribution < 1.29 is 9.59 Å². The highest BCUT2D eigenvalue weighted by atomic mass is 16.2. The summed E-state index contributed by atoms with van der Waals surface area (Å²) in [7, 11) is 1.76. The Morgan fingerprint density at radius 1 is 1.33 bits per heavy atom. The van der Waals surface area contributed by atoms with E-state index in [1.807, 2.05) is 12.1 Å². The average molecular weight is 285 g/mol. The van der Waals surface area contributed by atoms with Gasteiger partial charge in [-0.25, -0.2) is 9.78 Å². The normalized spacial score (nSPS) is 14.1. The molecule has 0 unspecified atom stereocenters. The standard InChI is InChI=1S/C14H15N5O2/c1-18-9-15-8-12(18)13(20)17-10-2-4-11(5-3-10)19-7-6-16-14(19)21/h2-5,8-9H,6-7H2,1H3,(H,16,21)(H,17,20). The van der Waals surface area contributed by atoms with Crippen LogP contribution in [0.5, 0.6) is 0 Å². The molecule has 1 saturated heterocycles. The van der Waals surface area contributed by atoms with Gasteiger partial charge in [-0.05, 0) is 24.3 Å². The molecule has 1 fully saturated rings. The van der Waals surface area contributed by atoms with E-state index in [9.17, 15) is 9.59 Å². The first kappa shape index (κ1) is 13.2. The molecule has 1 aliphatic heterocycles. The molecule has 0 bridgehead atoms. The number of carbonyl (C=O) groups is 2. The first-order valence-corrected chi connectivity index (χ1v) is 6.58. The van der Waals surface area contributed by atoms with Crippen molar-refractivity contribution in [2.75, 3.05) is 23.3 Å². The highest BCUT2D eigenvalue weighted by molar-refractivity contribution is 6.03. The molecule has 2 N–H and O–H groups in total. The molecule has 3 rings (SSSR count). The molecule has 7 nitrogen and oxygen atoms in total. The molecule has 7 heteroatoms. The first-order valence-electron chi connectivity index (χ1n) is 6.58. The van der Waals surface area contributed by atoms with E-state index in [-0.39, 0.29) is 11.9 Å². The largest absolute Gasteiger partial charge is 0.336 e. The van der Waals surface area contributed by atoms with Crippen LogP contribution < -0.4 is 15.5 Å². The number of urea groups is 1. The maximum Gasteiger partial charge on any atom is 0.321 e. The van der Waals surface area contributed by atoms with Crippen molar-refractivity contribution in [3.8, 4) is 0 Å². The zero-order valence-electron chi connectivity index (χ0n) is 11.5. The summed E-state index contributed by atoms with van der Waals surface area (Å²) in [5.41, 5.74) is 1.96. The van der Waals surface area contributed by atoms with Gasteiger partial charge in [0.1, 0.15) is 5.69 Å².